The number of nitrogens with zero attached hydrogens (tertiary/aromatic N) is 5. The van der Waals surface area contributed by atoms with Gasteiger partial charge in [0.2, 0.25) is 5.95 Å². The summed E-state index contributed by atoms with van der Waals surface area (Å²) in [5, 5.41) is 8.48. The van der Waals surface area contributed by atoms with Crippen LogP contribution in [0, 0.1) is 0 Å². The van der Waals surface area contributed by atoms with E-state index in [0.29, 0.717) is 32.1 Å². The van der Waals surface area contributed by atoms with E-state index in [2.05, 4.69) is 15.0 Å². The van der Waals surface area contributed by atoms with Crippen LogP contribution < -0.4 is 10.6 Å². The van der Waals surface area contributed by atoms with Crippen LogP contribution in [0.5, 0.6) is 0 Å². The zero-order valence-corrected chi connectivity index (χ0v) is 11.5. The van der Waals surface area contributed by atoms with Crippen molar-refractivity contribution >= 4 is 11.9 Å². The number of aromatic nitrogens is 2. The van der Waals surface area contributed by atoms with Gasteiger partial charge in [0.25, 0.3) is 5.92 Å². The molecule has 1 aromatic heterocycles. The predicted molar refractivity (Wildman–Crippen MR) is 74.3 cm³/mol. The predicted octanol–water partition coefficient (Wildman–Crippen LogP) is -0.459. The number of guanidine groups is 1. The number of anilines is 1. The van der Waals surface area contributed by atoms with Gasteiger partial charge in [0.05, 0.1) is 0 Å². The smallest absolute Gasteiger partial charge is 0.289 e. The number of hydrogen-bond acceptors (Lipinski definition) is 5. The average molecular weight is 300 g/mol. The summed E-state index contributed by atoms with van der Waals surface area (Å²) in [5.41, 5.74) is 5.71. The average Bonchev–Trinajstić information content (AvgIpc) is 2.54. The number of rotatable bonds is 4. The van der Waals surface area contributed by atoms with Gasteiger partial charge in [0.15, 0.2) is 5.96 Å². The SMILES string of the molecule is NC(=NCC(F)(F)CO)N1CCN(c2ncccn2)CC1. The third-order valence-corrected chi connectivity index (χ3v) is 3.14. The van der Waals surface area contributed by atoms with E-state index in [1.54, 1.807) is 23.4 Å². The van der Waals surface area contributed by atoms with Crippen molar-refractivity contribution in [2.24, 2.45) is 10.7 Å². The maximum atomic E-state index is 12.9. The highest BCUT2D eigenvalue weighted by atomic mass is 19.3. The van der Waals surface area contributed by atoms with Gasteiger partial charge < -0.3 is 20.6 Å². The van der Waals surface area contributed by atoms with Crippen molar-refractivity contribution < 1.29 is 13.9 Å². The van der Waals surface area contributed by atoms with E-state index in [-0.39, 0.29) is 5.96 Å². The van der Waals surface area contributed by atoms with Gasteiger partial charge in [0, 0.05) is 38.6 Å². The molecule has 0 atom stereocenters. The molecule has 2 heterocycles. The fourth-order valence-corrected chi connectivity index (χ4v) is 1.94. The minimum atomic E-state index is -3.23. The first-order valence-electron chi connectivity index (χ1n) is 6.57. The number of alkyl halides is 2. The highest BCUT2D eigenvalue weighted by molar-refractivity contribution is 5.78. The lowest BCUT2D eigenvalue weighted by molar-refractivity contribution is -0.0405. The van der Waals surface area contributed by atoms with E-state index in [1.807, 2.05) is 4.90 Å². The van der Waals surface area contributed by atoms with Crippen LogP contribution in [0.15, 0.2) is 23.5 Å². The number of halogens is 2. The Balaban J connectivity index is 1.87. The Morgan fingerprint density at radius 3 is 2.48 bits per heavy atom. The fourth-order valence-electron chi connectivity index (χ4n) is 1.94. The van der Waals surface area contributed by atoms with Crippen molar-refractivity contribution in [2.75, 3.05) is 44.2 Å². The summed E-state index contributed by atoms with van der Waals surface area (Å²) in [5.74, 6) is -2.53. The van der Waals surface area contributed by atoms with Crippen LogP contribution in [-0.4, -0.2) is 71.2 Å². The Morgan fingerprint density at radius 2 is 1.90 bits per heavy atom. The summed E-state index contributed by atoms with van der Waals surface area (Å²) in [6.07, 6.45) is 3.34. The molecule has 9 heteroatoms. The Bertz CT molecular complexity index is 476. The summed E-state index contributed by atoms with van der Waals surface area (Å²) in [4.78, 5) is 15.7. The van der Waals surface area contributed by atoms with Crippen LogP contribution in [0.4, 0.5) is 14.7 Å². The molecule has 21 heavy (non-hydrogen) atoms. The number of aliphatic hydroxyl groups excluding tert-OH is 1. The normalized spacial score (nSPS) is 17.2. The van der Waals surface area contributed by atoms with Gasteiger partial charge in [-0.2, -0.15) is 0 Å². The molecule has 3 N–H and O–H groups in total. The Labute approximate surface area is 121 Å². The van der Waals surface area contributed by atoms with Crippen molar-refractivity contribution in [3.05, 3.63) is 18.5 Å². The molecule has 1 fully saturated rings. The van der Waals surface area contributed by atoms with Crippen LogP contribution in [0.25, 0.3) is 0 Å². The Morgan fingerprint density at radius 1 is 1.29 bits per heavy atom. The first kappa shape index (κ1) is 15.4. The minimum absolute atomic E-state index is 0.0664. The molecule has 1 aromatic rings. The molecule has 0 bridgehead atoms. The molecule has 7 nitrogen and oxygen atoms in total. The lowest BCUT2D eigenvalue weighted by atomic mass is 10.3. The minimum Gasteiger partial charge on any atom is -0.390 e. The number of aliphatic hydroxyl groups is 1. The summed E-state index contributed by atoms with van der Waals surface area (Å²) in [6.45, 7) is 0.337. The molecule has 0 unspecified atom stereocenters. The largest absolute Gasteiger partial charge is 0.390 e. The quantitative estimate of drug-likeness (QED) is 0.578. The summed E-state index contributed by atoms with van der Waals surface area (Å²) >= 11 is 0. The van der Waals surface area contributed by atoms with Crippen LogP contribution in [-0.2, 0) is 0 Å². The maximum Gasteiger partial charge on any atom is 0.289 e. The molecule has 0 spiro atoms. The fraction of sp³-hybridized carbons (Fsp3) is 0.583. The third-order valence-electron chi connectivity index (χ3n) is 3.14. The van der Waals surface area contributed by atoms with E-state index in [1.165, 1.54) is 0 Å². The lowest BCUT2D eigenvalue weighted by Crippen LogP contribution is -2.51. The van der Waals surface area contributed by atoms with Crippen molar-refractivity contribution in [3.8, 4) is 0 Å². The molecule has 0 saturated carbocycles. The monoisotopic (exact) mass is 300 g/mol. The van der Waals surface area contributed by atoms with Crippen LogP contribution in [0.3, 0.4) is 0 Å². The van der Waals surface area contributed by atoms with Crippen molar-refractivity contribution in [2.45, 2.75) is 5.92 Å². The van der Waals surface area contributed by atoms with Gasteiger partial charge in [-0.25, -0.2) is 23.7 Å². The van der Waals surface area contributed by atoms with E-state index in [9.17, 15) is 8.78 Å². The molecular weight excluding hydrogens is 282 g/mol. The second-order valence-electron chi connectivity index (χ2n) is 4.71. The molecule has 0 aromatic carbocycles. The van der Waals surface area contributed by atoms with Crippen molar-refractivity contribution in [1.82, 2.24) is 14.9 Å². The summed E-state index contributed by atoms with van der Waals surface area (Å²) in [7, 11) is 0. The van der Waals surface area contributed by atoms with Gasteiger partial charge in [-0.15, -0.1) is 0 Å². The lowest BCUT2D eigenvalue weighted by Gasteiger charge is -2.35. The van der Waals surface area contributed by atoms with Gasteiger partial charge in [0.1, 0.15) is 13.2 Å². The van der Waals surface area contributed by atoms with Crippen molar-refractivity contribution in [3.63, 3.8) is 0 Å². The number of nitrogens with two attached hydrogens (primary N) is 1. The van der Waals surface area contributed by atoms with Crippen LogP contribution in [0.2, 0.25) is 0 Å². The molecule has 0 amide bonds. The van der Waals surface area contributed by atoms with Crippen molar-refractivity contribution in [1.29, 1.82) is 0 Å². The van der Waals surface area contributed by atoms with Gasteiger partial charge >= 0.3 is 0 Å². The van der Waals surface area contributed by atoms with E-state index >= 15 is 0 Å². The molecular formula is C12H18F2N6O. The van der Waals surface area contributed by atoms with E-state index in [4.69, 9.17) is 10.8 Å². The zero-order chi connectivity index (χ0) is 15.3. The Kier molecular flexibility index (Phi) is 4.84. The van der Waals surface area contributed by atoms with Crippen LogP contribution >= 0.6 is 0 Å². The number of piperazine rings is 1. The first-order chi connectivity index (χ1) is 10.0. The number of aliphatic imine (C=N–C) groups is 1. The van der Waals surface area contributed by atoms with Gasteiger partial charge in [-0.05, 0) is 6.07 Å². The molecule has 116 valence electrons. The number of hydrogen-bond donors (Lipinski definition) is 2. The standard InChI is InChI=1S/C12H18F2N6O/c13-12(14,9-21)8-18-10(15)19-4-6-20(7-5-19)11-16-2-1-3-17-11/h1-3,21H,4-9H2,(H2,15,18). The Hall–Kier alpha value is -2.03. The maximum absolute atomic E-state index is 12.9. The van der Waals surface area contributed by atoms with Gasteiger partial charge in [-0.1, -0.05) is 0 Å². The summed E-state index contributed by atoms with van der Waals surface area (Å²) < 4.78 is 25.8. The molecule has 0 radical (unpaired) electrons. The molecule has 1 aliphatic heterocycles. The second kappa shape index (κ2) is 6.61. The zero-order valence-electron chi connectivity index (χ0n) is 11.5. The van der Waals surface area contributed by atoms with Gasteiger partial charge in [-0.3, -0.25) is 0 Å². The first-order valence-corrected chi connectivity index (χ1v) is 6.57. The van der Waals surface area contributed by atoms with Crippen LogP contribution in [0.1, 0.15) is 0 Å². The second-order valence-corrected chi connectivity index (χ2v) is 4.71. The highest BCUT2D eigenvalue weighted by Gasteiger charge is 2.28. The molecule has 1 aliphatic rings. The van der Waals surface area contributed by atoms with E-state index in [0.717, 1.165) is 0 Å². The third kappa shape index (κ3) is 4.22. The summed E-state index contributed by atoms with van der Waals surface area (Å²) in [6, 6.07) is 1.74. The topological polar surface area (TPSA) is 90.9 Å². The highest BCUT2D eigenvalue weighted by Crippen LogP contribution is 2.13. The molecule has 1 saturated heterocycles. The molecule has 0 aliphatic carbocycles. The molecule has 2 rings (SSSR count). The van der Waals surface area contributed by atoms with E-state index < -0.39 is 19.1 Å².